The van der Waals surface area contributed by atoms with Crippen molar-refractivity contribution in [3.63, 3.8) is 0 Å². The Kier molecular flexibility index (Phi) is 4.61. The number of hydrogen-bond acceptors (Lipinski definition) is 3. The summed E-state index contributed by atoms with van der Waals surface area (Å²) in [5.41, 5.74) is -0.678. The van der Waals surface area contributed by atoms with Crippen molar-refractivity contribution >= 4 is 33.5 Å². The Morgan fingerprint density at radius 2 is 2.31 bits per heavy atom. The van der Waals surface area contributed by atoms with Gasteiger partial charge in [0.2, 0.25) is 0 Å². The van der Waals surface area contributed by atoms with Gasteiger partial charge in [-0.15, -0.1) is 0 Å². The van der Waals surface area contributed by atoms with E-state index < -0.39 is 18.0 Å². The molecule has 0 N–H and O–H groups in total. The third-order valence-electron chi connectivity index (χ3n) is 1.86. The van der Waals surface area contributed by atoms with Crippen molar-refractivity contribution in [1.29, 1.82) is 0 Å². The third kappa shape index (κ3) is 2.68. The average molecular weight is 315 g/mol. The van der Waals surface area contributed by atoms with E-state index >= 15 is 0 Å². The van der Waals surface area contributed by atoms with Gasteiger partial charge in [-0.05, 0) is 6.07 Å². The molecule has 1 heterocycles. The minimum atomic E-state index is -2.81. The summed E-state index contributed by atoms with van der Waals surface area (Å²) < 4.78 is 30.0. The Morgan fingerprint density at radius 3 is 2.75 bits per heavy atom. The zero-order valence-electron chi connectivity index (χ0n) is 8.14. The fourth-order valence-electron chi connectivity index (χ4n) is 1.20. The molecule has 1 rings (SSSR count). The summed E-state index contributed by atoms with van der Waals surface area (Å²) in [6, 6.07) is 1.07. The lowest BCUT2D eigenvalue weighted by molar-refractivity contribution is 0.0588. The van der Waals surface area contributed by atoms with Gasteiger partial charge < -0.3 is 4.74 Å². The van der Waals surface area contributed by atoms with Gasteiger partial charge in [0.05, 0.1) is 23.9 Å². The van der Waals surface area contributed by atoms with Crippen molar-refractivity contribution in [2.45, 2.75) is 11.8 Å². The van der Waals surface area contributed by atoms with Gasteiger partial charge in [-0.2, -0.15) is 0 Å². The van der Waals surface area contributed by atoms with Crippen LogP contribution in [0.1, 0.15) is 28.0 Å². The first-order valence-corrected chi connectivity index (χ1v) is 5.63. The number of methoxy groups -OCH3 is 1. The molecule has 0 radical (unpaired) electrons. The highest BCUT2D eigenvalue weighted by molar-refractivity contribution is 9.08. The number of carbonyl (C=O) groups is 1. The van der Waals surface area contributed by atoms with Crippen LogP contribution < -0.4 is 0 Å². The molecule has 0 amide bonds. The maximum Gasteiger partial charge on any atom is 0.338 e. The van der Waals surface area contributed by atoms with Crippen LogP contribution in [-0.4, -0.2) is 18.1 Å². The first kappa shape index (κ1) is 13.3. The van der Waals surface area contributed by atoms with E-state index in [1.54, 1.807) is 0 Å². The van der Waals surface area contributed by atoms with Crippen LogP contribution in [-0.2, 0) is 10.1 Å². The fraction of sp³-hybridized carbons (Fsp3) is 0.333. The van der Waals surface area contributed by atoms with Crippen LogP contribution in [0.15, 0.2) is 6.07 Å². The van der Waals surface area contributed by atoms with Gasteiger partial charge in [0.15, 0.2) is 0 Å². The van der Waals surface area contributed by atoms with Crippen LogP contribution in [0.2, 0.25) is 5.15 Å². The maximum atomic E-state index is 12.8. The number of alkyl halides is 3. The first-order valence-electron chi connectivity index (χ1n) is 4.13. The van der Waals surface area contributed by atoms with Crippen molar-refractivity contribution in [2.75, 3.05) is 7.11 Å². The number of pyridine rings is 1. The zero-order chi connectivity index (χ0) is 12.3. The van der Waals surface area contributed by atoms with Crippen molar-refractivity contribution < 1.29 is 18.3 Å². The summed E-state index contributed by atoms with van der Waals surface area (Å²) in [6.45, 7) is 0. The maximum absolute atomic E-state index is 12.8. The van der Waals surface area contributed by atoms with Gasteiger partial charge in [-0.25, -0.2) is 18.6 Å². The molecule has 0 aliphatic heterocycles. The summed E-state index contributed by atoms with van der Waals surface area (Å²) in [7, 11) is 1.11. The Morgan fingerprint density at radius 1 is 1.69 bits per heavy atom. The molecule has 7 heteroatoms. The molecule has 3 nitrogen and oxygen atoms in total. The molecule has 0 bridgehead atoms. The quantitative estimate of drug-likeness (QED) is 0.488. The van der Waals surface area contributed by atoms with Crippen molar-refractivity contribution in [2.24, 2.45) is 0 Å². The molecule has 0 aliphatic carbocycles. The van der Waals surface area contributed by atoms with E-state index in [4.69, 9.17) is 11.6 Å². The van der Waals surface area contributed by atoms with E-state index in [2.05, 4.69) is 25.7 Å². The van der Waals surface area contributed by atoms with E-state index in [-0.39, 0.29) is 21.7 Å². The second kappa shape index (κ2) is 5.54. The highest BCUT2D eigenvalue weighted by Crippen LogP contribution is 2.29. The van der Waals surface area contributed by atoms with E-state index in [0.29, 0.717) is 0 Å². The molecule has 0 atom stereocenters. The number of halogens is 4. The highest BCUT2D eigenvalue weighted by atomic mass is 79.9. The lowest BCUT2D eigenvalue weighted by Gasteiger charge is -2.11. The van der Waals surface area contributed by atoms with E-state index in [9.17, 15) is 13.6 Å². The normalized spacial score (nSPS) is 10.6. The molecule has 1 aromatic heterocycles. The molecule has 0 fully saturated rings. The number of hydrogen-bond donors (Lipinski definition) is 0. The summed E-state index contributed by atoms with van der Waals surface area (Å²) in [5, 5.41) is 0.0521. The van der Waals surface area contributed by atoms with Crippen LogP contribution in [0.4, 0.5) is 8.78 Å². The number of ether oxygens (including phenoxy) is 1. The van der Waals surface area contributed by atoms with Crippen molar-refractivity contribution in [1.82, 2.24) is 4.98 Å². The Balaban J connectivity index is 3.44. The summed E-state index contributed by atoms with van der Waals surface area (Å²) in [6.07, 6.45) is -2.81. The van der Waals surface area contributed by atoms with Crippen molar-refractivity contribution in [3.05, 3.63) is 28.0 Å². The van der Waals surface area contributed by atoms with Crippen molar-refractivity contribution in [3.8, 4) is 0 Å². The van der Waals surface area contributed by atoms with Crippen LogP contribution in [0, 0.1) is 0 Å². The number of aromatic nitrogens is 1. The Labute approximate surface area is 104 Å². The largest absolute Gasteiger partial charge is 0.465 e. The van der Waals surface area contributed by atoms with Gasteiger partial charge in [-0.3, -0.25) is 0 Å². The van der Waals surface area contributed by atoms with Crippen LogP contribution >= 0.6 is 27.5 Å². The molecular weight excluding hydrogens is 307 g/mol. The predicted octanol–water partition coefficient (Wildman–Crippen LogP) is 3.35. The molecule has 0 saturated heterocycles. The van der Waals surface area contributed by atoms with Gasteiger partial charge >= 0.3 is 5.97 Å². The second-order valence-electron chi connectivity index (χ2n) is 2.78. The minimum absolute atomic E-state index is 0.0285. The Hall–Kier alpha value is -0.750. The minimum Gasteiger partial charge on any atom is -0.465 e. The van der Waals surface area contributed by atoms with Crippen LogP contribution in [0.3, 0.4) is 0 Å². The van der Waals surface area contributed by atoms with Gasteiger partial charge in [0.1, 0.15) is 5.15 Å². The number of rotatable bonds is 3. The molecule has 0 unspecified atom stereocenters. The summed E-state index contributed by atoms with van der Waals surface area (Å²) in [5.74, 6) is -0.859. The molecular formula is C9H7BrClF2NO2. The lowest BCUT2D eigenvalue weighted by Crippen LogP contribution is -2.10. The zero-order valence-corrected chi connectivity index (χ0v) is 10.5. The molecule has 16 heavy (non-hydrogen) atoms. The monoisotopic (exact) mass is 313 g/mol. The highest BCUT2D eigenvalue weighted by Gasteiger charge is 2.24. The number of esters is 1. The molecule has 0 spiro atoms. The smallest absolute Gasteiger partial charge is 0.338 e. The molecule has 0 aromatic carbocycles. The SMILES string of the molecule is COC(=O)c1cc(Cl)nc(CBr)c1C(F)F. The number of nitrogens with zero attached hydrogens (tertiary/aromatic N) is 1. The summed E-state index contributed by atoms with van der Waals surface area (Å²) in [4.78, 5) is 15.0. The van der Waals surface area contributed by atoms with E-state index in [0.717, 1.165) is 13.2 Å². The van der Waals surface area contributed by atoms with Crippen LogP contribution in [0.25, 0.3) is 0 Å². The third-order valence-corrected chi connectivity index (χ3v) is 2.58. The molecule has 0 saturated carbocycles. The van der Waals surface area contributed by atoms with E-state index in [1.165, 1.54) is 0 Å². The van der Waals surface area contributed by atoms with E-state index in [1.807, 2.05) is 0 Å². The topological polar surface area (TPSA) is 39.2 Å². The van der Waals surface area contributed by atoms with Crippen LogP contribution in [0.5, 0.6) is 0 Å². The standard InChI is InChI=1S/C9H7BrClF2NO2/c1-16-9(15)4-2-6(11)14-5(3-10)7(4)8(12)13/h2,8H,3H2,1H3. The van der Waals surface area contributed by atoms with Gasteiger partial charge in [0.25, 0.3) is 6.43 Å². The summed E-state index contributed by atoms with van der Waals surface area (Å²) >= 11 is 8.63. The Bertz CT molecular complexity index is 415. The lowest BCUT2D eigenvalue weighted by atomic mass is 10.1. The fourth-order valence-corrected chi connectivity index (χ4v) is 1.84. The second-order valence-corrected chi connectivity index (χ2v) is 3.73. The molecule has 88 valence electrons. The molecule has 1 aromatic rings. The van der Waals surface area contributed by atoms with Gasteiger partial charge in [0, 0.05) is 5.33 Å². The number of carbonyl (C=O) groups excluding carboxylic acids is 1. The van der Waals surface area contributed by atoms with Gasteiger partial charge in [-0.1, -0.05) is 27.5 Å². The molecule has 0 aliphatic rings. The first-order chi connectivity index (χ1) is 7.51. The predicted molar refractivity (Wildman–Crippen MR) is 58.2 cm³/mol. The average Bonchev–Trinajstić information content (AvgIpc) is 2.26.